The molecule has 8 heteroatoms. The van der Waals surface area contributed by atoms with Crippen LogP contribution in [0.1, 0.15) is 40.0 Å². The highest BCUT2D eigenvalue weighted by molar-refractivity contribution is 7.85. The Morgan fingerprint density at radius 2 is 1.54 bits per heavy atom. The lowest BCUT2D eigenvalue weighted by molar-refractivity contribution is 0.0648. The summed E-state index contributed by atoms with van der Waals surface area (Å²) in [5.74, 6) is -0.463. The van der Waals surface area contributed by atoms with E-state index in [4.69, 9.17) is 4.74 Å². The number of benzene rings is 1. The fourth-order valence-corrected chi connectivity index (χ4v) is 2.81. The van der Waals surface area contributed by atoms with Crippen molar-refractivity contribution in [3.05, 3.63) is 35.4 Å². The molecular formula is C16H21NO6S. The molecule has 0 aromatic heterocycles. The topological polar surface area (TPSA) is 90.0 Å². The van der Waals surface area contributed by atoms with E-state index in [2.05, 4.69) is 4.18 Å². The number of carbonyl (C=O) groups excluding carboxylic acids is 2. The Kier molecular flexibility index (Phi) is 6.47. The minimum Gasteiger partial charge on any atom is -0.379 e. The molecule has 132 valence electrons. The lowest BCUT2D eigenvalue weighted by Gasteiger charge is -2.13. The molecule has 0 saturated carbocycles. The number of hydrogen-bond acceptors (Lipinski definition) is 6. The van der Waals surface area contributed by atoms with E-state index in [1.807, 2.05) is 0 Å². The molecule has 0 radical (unpaired) electrons. The van der Waals surface area contributed by atoms with Gasteiger partial charge in [0.15, 0.2) is 0 Å². The normalized spacial score (nSPS) is 14.3. The van der Waals surface area contributed by atoms with Gasteiger partial charge in [0.2, 0.25) is 0 Å². The van der Waals surface area contributed by atoms with E-state index in [9.17, 15) is 18.0 Å². The van der Waals surface area contributed by atoms with E-state index >= 15 is 0 Å². The predicted octanol–water partition coefficient (Wildman–Crippen LogP) is 1.45. The molecule has 1 aromatic rings. The van der Waals surface area contributed by atoms with E-state index in [0.717, 1.165) is 19.1 Å². The van der Waals surface area contributed by atoms with Crippen LogP contribution in [0.5, 0.6) is 0 Å². The minimum absolute atomic E-state index is 0.00781. The third kappa shape index (κ3) is 5.12. The fraction of sp³-hybridized carbons (Fsp3) is 0.500. The molecule has 0 fully saturated rings. The van der Waals surface area contributed by atoms with Gasteiger partial charge in [-0.25, -0.2) is 0 Å². The monoisotopic (exact) mass is 355 g/mol. The Labute approximate surface area is 141 Å². The van der Waals surface area contributed by atoms with Crippen molar-refractivity contribution < 1.29 is 26.9 Å². The van der Waals surface area contributed by atoms with Gasteiger partial charge in [0.1, 0.15) is 0 Å². The number of hydrogen-bond donors (Lipinski definition) is 0. The molecule has 2 rings (SSSR count). The Balaban J connectivity index is 1.59. The first kappa shape index (κ1) is 18.6. The number of nitrogens with zero attached hydrogens (tertiary/aromatic N) is 1. The van der Waals surface area contributed by atoms with Gasteiger partial charge >= 0.3 is 0 Å². The molecule has 0 bridgehead atoms. The highest BCUT2D eigenvalue weighted by Crippen LogP contribution is 2.22. The lowest BCUT2D eigenvalue weighted by atomic mass is 10.1. The van der Waals surface area contributed by atoms with E-state index < -0.39 is 10.1 Å². The lowest BCUT2D eigenvalue weighted by Crippen LogP contribution is -2.30. The maximum absolute atomic E-state index is 12.1. The summed E-state index contributed by atoms with van der Waals surface area (Å²) < 4.78 is 31.3. The Morgan fingerprint density at radius 1 is 0.917 bits per heavy atom. The molecule has 1 heterocycles. The Morgan fingerprint density at radius 3 is 2.12 bits per heavy atom. The molecule has 24 heavy (non-hydrogen) atoms. The van der Waals surface area contributed by atoms with Gasteiger partial charge < -0.3 is 4.74 Å². The average Bonchev–Trinajstić information content (AvgIpc) is 2.77. The van der Waals surface area contributed by atoms with Crippen LogP contribution in [0.3, 0.4) is 0 Å². The smallest absolute Gasteiger partial charge is 0.264 e. The van der Waals surface area contributed by atoms with Crippen molar-refractivity contribution in [2.24, 2.45) is 0 Å². The number of unbranched alkanes of at least 4 members (excludes halogenated alkanes) is 2. The van der Waals surface area contributed by atoms with Crippen LogP contribution in [0.25, 0.3) is 0 Å². The third-order valence-electron chi connectivity index (χ3n) is 3.57. The largest absolute Gasteiger partial charge is 0.379 e. The van der Waals surface area contributed by atoms with Crippen LogP contribution in [0.2, 0.25) is 0 Å². The number of imide groups is 1. The van der Waals surface area contributed by atoms with Gasteiger partial charge in [-0.2, -0.15) is 8.42 Å². The number of carbonyl (C=O) groups is 2. The molecule has 1 aliphatic rings. The minimum atomic E-state index is -3.42. The number of amides is 2. The summed E-state index contributed by atoms with van der Waals surface area (Å²) in [5.41, 5.74) is 0.938. The summed E-state index contributed by atoms with van der Waals surface area (Å²) in [4.78, 5) is 25.6. The summed E-state index contributed by atoms with van der Waals surface area (Å²) in [7, 11) is -3.42. The maximum atomic E-state index is 12.1. The second-order valence-electron chi connectivity index (χ2n) is 5.51. The summed E-state index contributed by atoms with van der Waals surface area (Å²) >= 11 is 0. The summed E-state index contributed by atoms with van der Waals surface area (Å²) in [6.07, 6.45) is 3.27. The zero-order valence-electron chi connectivity index (χ0n) is 13.6. The van der Waals surface area contributed by atoms with Crippen LogP contribution in [-0.2, 0) is 19.0 Å². The van der Waals surface area contributed by atoms with Crippen molar-refractivity contribution in [2.75, 3.05) is 32.6 Å². The van der Waals surface area contributed by atoms with E-state index in [1.54, 1.807) is 24.3 Å². The van der Waals surface area contributed by atoms with Crippen LogP contribution in [0, 0.1) is 0 Å². The van der Waals surface area contributed by atoms with Gasteiger partial charge in [0.25, 0.3) is 21.9 Å². The summed E-state index contributed by atoms with van der Waals surface area (Å²) in [6.45, 7) is 1.10. The van der Waals surface area contributed by atoms with Gasteiger partial charge in [0, 0.05) is 13.2 Å². The van der Waals surface area contributed by atoms with Crippen LogP contribution in [0.4, 0.5) is 0 Å². The Hall–Kier alpha value is -1.77. The van der Waals surface area contributed by atoms with Crippen LogP contribution >= 0.6 is 0 Å². The van der Waals surface area contributed by atoms with Crippen LogP contribution in [0.15, 0.2) is 24.3 Å². The van der Waals surface area contributed by atoms with Gasteiger partial charge in [-0.15, -0.1) is 0 Å². The second-order valence-corrected chi connectivity index (χ2v) is 7.15. The maximum Gasteiger partial charge on any atom is 0.264 e. The highest BCUT2D eigenvalue weighted by Gasteiger charge is 2.34. The van der Waals surface area contributed by atoms with Crippen molar-refractivity contribution in [1.29, 1.82) is 0 Å². The number of rotatable bonds is 10. The third-order valence-corrected chi connectivity index (χ3v) is 4.17. The van der Waals surface area contributed by atoms with Gasteiger partial charge in [0.05, 0.1) is 30.6 Å². The zero-order valence-corrected chi connectivity index (χ0v) is 14.4. The molecule has 1 aliphatic heterocycles. The average molecular weight is 355 g/mol. The molecule has 1 aromatic carbocycles. The number of fused-ring (bicyclic) bond motifs is 1. The quantitative estimate of drug-likeness (QED) is 0.358. The first-order valence-corrected chi connectivity index (χ1v) is 9.59. The number of ether oxygens (including phenoxy) is 1. The van der Waals surface area contributed by atoms with Crippen molar-refractivity contribution in [1.82, 2.24) is 4.90 Å². The first-order chi connectivity index (χ1) is 11.4. The molecule has 0 saturated heterocycles. The van der Waals surface area contributed by atoms with E-state index in [1.165, 1.54) is 4.90 Å². The molecular weight excluding hydrogens is 334 g/mol. The van der Waals surface area contributed by atoms with Crippen molar-refractivity contribution in [3.8, 4) is 0 Å². The standard InChI is InChI=1S/C16H21NO6S/c1-24(20,21)23-12-11-22-10-6-2-5-9-17-15(18)13-7-3-4-8-14(13)16(17)19/h3-4,7-8H,2,5-6,9-12H2,1H3. The second kappa shape index (κ2) is 8.36. The summed E-state index contributed by atoms with van der Waals surface area (Å²) in [6, 6.07) is 6.83. The molecule has 0 N–H and O–H groups in total. The van der Waals surface area contributed by atoms with Gasteiger partial charge in [-0.3, -0.25) is 18.7 Å². The molecule has 0 aliphatic carbocycles. The summed E-state index contributed by atoms with van der Waals surface area (Å²) in [5, 5.41) is 0. The highest BCUT2D eigenvalue weighted by atomic mass is 32.2. The molecule has 0 atom stereocenters. The molecule has 7 nitrogen and oxygen atoms in total. The molecule has 2 amide bonds. The predicted molar refractivity (Wildman–Crippen MR) is 87.3 cm³/mol. The van der Waals surface area contributed by atoms with Gasteiger partial charge in [-0.1, -0.05) is 12.1 Å². The van der Waals surface area contributed by atoms with E-state index in [0.29, 0.717) is 30.7 Å². The van der Waals surface area contributed by atoms with Gasteiger partial charge in [-0.05, 0) is 31.4 Å². The molecule has 0 spiro atoms. The molecule has 0 unspecified atom stereocenters. The van der Waals surface area contributed by atoms with Crippen LogP contribution < -0.4 is 0 Å². The zero-order chi connectivity index (χ0) is 17.6. The van der Waals surface area contributed by atoms with E-state index in [-0.39, 0.29) is 25.0 Å². The van der Waals surface area contributed by atoms with Crippen LogP contribution in [-0.4, -0.2) is 57.8 Å². The Bertz CT molecular complexity index is 665. The van der Waals surface area contributed by atoms with Crippen molar-refractivity contribution >= 4 is 21.9 Å². The van der Waals surface area contributed by atoms with Crippen molar-refractivity contribution in [3.63, 3.8) is 0 Å². The fourth-order valence-electron chi connectivity index (χ4n) is 2.44. The first-order valence-electron chi connectivity index (χ1n) is 7.77. The SMILES string of the molecule is CS(=O)(=O)OCCOCCCCCN1C(=O)c2ccccc2C1=O. The van der Waals surface area contributed by atoms with Crippen molar-refractivity contribution in [2.45, 2.75) is 19.3 Å².